The van der Waals surface area contributed by atoms with Crippen LogP contribution in [0.5, 0.6) is 0 Å². The molecule has 2 rings (SSSR count). The number of carbonyl (C=O) groups is 1. The van der Waals surface area contributed by atoms with Crippen LogP contribution in [0.3, 0.4) is 0 Å². The van der Waals surface area contributed by atoms with Crippen molar-refractivity contribution in [3.63, 3.8) is 0 Å². The molecule has 1 aromatic carbocycles. The van der Waals surface area contributed by atoms with E-state index in [-0.39, 0.29) is 30.7 Å². The molecule has 1 aliphatic heterocycles. The first-order valence-electron chi connectivity index (χ1n) is 7.12. The van der Waals surface area contributed by atoms with E-state index in [1.807, 2.05) is 0 Å². The van der Waals surface area contributed by atoms with Crippen LogP contribution in [0, 0.1) is 5.92 Å². The fourth-order valence-corrected chi connectivity index (χ4v) is 2.46. The molecule has 0 bridgehead atoms. The average molecular weight is 337 g/mol. The van der Waals surface area contributed by atoms with Crippen molar-refractivity contribution in [1.29, 1.82) is 0 Å². The molecule has 0 saturated carbocycles. The third kappa shape index (κ3) is 5.85. The lowest BCUT2D eigenvalue weighted by Gasteiger charge is -2.22. The van der Waals surface area contributed by atoms with E-state index in [2.05, 4.69) is 10.6 Å². The highest BCUT2D eigenvalue weighted by Gasteiger charge is 2.27. The number of anilines is 1. The predicted molar refractivity (Wildman–Crippen MR) is 82.3 cm³/mol. The number of carbonyl (C=O) groups excluding carboxylic acids is 1. The maximum absolute atomic E-state index is 12.3. The summed E-state index contributed by atoms with van der Waals surface area (Å²) < 4.78 is 37.0. The third-order valence-corrected chi connectivity index (χ3v) is 3.66. The second-order valence-electron chi connectivity index (χ2n) is 5.29. The number of hydrogen-bond donors (Lipinski definition) is 2. The van der Waals surface area contributed by atoms with E-state index < -0.39 is 12.6 Å². The van der Waals surface area contributed by atoms with Gasteiger partial charge in [-0.25, -0.2) is 0 Å². The zero-order chi connectivity index (χ0) is 15.3. The van der Waals surface area contributed by atoms with Crippen molar-refractivity contribution in [2.24, 2.45) is 5.92 Å². The van der Waals surface area contributed by atoms with Crippen LogP contribution in [0.1, 0.15) is 24.8 Å². The van der Waals surface area contributed by atoms with Crippen LogP contribution in [-0.4, -0.2) is 25.2 Å². The molecule has 0 aliphatic carbocycles. The maximum Gasteiger partial charge on any atom is 0.389 e. The van der Waals surface area contributed by atoms with Crippen molar-refractivity contribution in [3.05, 3.63) is 29.8 Å². The van der Waals surface area contributed by atoms with Crippen molar-refractivity contribution in [3.8, 4) is 0 Å². The zero-order valence-electron chi connectivity index (χ0n) is 12.1. The normalized spacial score (nSPS) is 16.0. The highest BCUT2D eigenvalue weighted by atomic mass is 35.5. The highest BCUT2D eigenvalue weighted by Crippen LogP contribution is 2.26. The molecule has 1 saturated heterocycles. The van der Waals surface area contributed by atoms with Gasteiger partial charge in [0.25, 0.3) is 0 Å². The summed E-state index contributed by atoms with van der Waals surface area (Å²) in [7, 11) is 0. The molecule has 0 spiro atoms. The maximum atomic E-state index is 12.3. The first-order valence-corrected chi connectivity index (χ1v) is 7.12. The van der Waals surface area contributed by atoms with Gasteiger partial charge in [-0.1, -0.05) is 18.2 Å². The Morgan fingerprint density at radius 3 is 2.50 bits per heavy atom. The number of alkyl halides is 3. The molecule has 0 radical (unpaired) electrons. The number of para-hydroxylation sites is 1. The Hall–Kier alpha value is -1.27. The van der Waals surface area contributed by atoms with E-state index in [4.69, 9.17) is 0 Å². The SMILES string of the molecule is Cl.O=C(Nc1ccccc1CCC(F)(F)F)C1CCNCC1. The molecular formula is C15H20ClF3N2O. The van der Waals surface area contributed by atoms with E-state index in [0.29, 0.717) is 11.3 Å². The number of benzene rings is 1. The lowest BCUT2D eigenvalue weighted by Crippen LogP contribution is -2.34. The fraction of sp³-hybridized carbons (Fsp3) is 0.533. The Morgan fingerprint density at radius 1 is 1.23 bits per heavy atom. The second-order valence-corrected chi connectivity index (χ2v) is 5.29. The molecule has 1 aliphatic rings. The molecule has 1 aromatic rings. The molecule has 1 heterocycles. The molecule has 1 fully saturated rings. The number of rotatable bonds is 4. The summed E-state index contributed by atoms with van der Waals surface area (Å²) in [5.74, 6) is -0.169. The molecule has 2 N–H and O–H groups in total. The van der Waals surface area contributed by atoms with Gasteiger partial charge in [0.05, 0.1) is 0 Å². The third-order valence-electron chi connectivity index (χ3n) is 3.66. The zero-order valence-corrected chi connectivity index (χ0v) is 12.9. The van der Waals surface area contributed by atoms with Crippen LogP contribution in [0.2, 0.25) is 0 Å². The van der Waals surface area contributed by atoms with Crippen LogP contribution in [0.15, 0.2) is 24.3 Å². The molecule has 1 amide bonds. The van der Waals surface area contributed by atoms with Gasteiger partial charge in [-0.15, -0.1) is 12.4 Å². The van der Waals surface area contributed by atoms with Crippen LogP contribution in [0.25, 0.3) is 0 Å². The van der Waals surface area contributed by atoms with Gasteiger partial charge in [-0.05, 0) is 44.0 Å². The summed E-state index contributed by atoms with van der Waals surface area (Å²) in [6.07, 6.45) is -3.67. The van der Waals surface area contributed by atoms with Gasteiger partial charge in [0.15, 0.2) is 0 Å². The highest BCUT2D eigenvalue weighted by molar-refractivity contribution is 5.93. The van der Waals surface area contributed by atoms with Crippen molar-refractivity contribution in [2.75, 3.05) is 18.4 Å². The summed E-state index contributed by atoms with van der Waals surface area (Å²) in [5.41, 5.74) is 1.02. The molecule has 0 unspecified atom stereocenters. The van der Waals surface area contributed by atoms with Gasteiger partial charge in [0, 0.05) is 18.0 Å². The smallest absolute Gasteiger partial charge is 0.326 e. The summed E-state index contributed by atoms with van der Waals surface area (Å²) in [6, 6.07) is 6.69. The van der Waals surface area contributed by atoms with Gasteiger partial charge in [0.1, 0.15) is 0 Å². The minimum atomic E-state index is -4.19. The van der Waals surface area contributed by atoms with Crippen molar-refractivity contribution < 1.29 is 18.0 Å². The summed E-state index contributed by atoms with van der Waals surface area (Å²) >= 11 is 0. The molecule has 7 heteroatoms. The van der Waals surface area contributed by atoms with Crippen molar-refractivity contribution in [1.82, 2.24) is 5.32 Å². The summed E-state index contributed by atoms with van der Waals surface area (Å²) in [6.45, 7) is 1.60. The lowest BCUT2D eigenvalue weighted by atomic mass is 9.97. The average Bonchev–Trinajstić information content (AvgIpc) is 2.46. The molecule has 0 aromatic heterocycles. The van der Waals surface area contributed by atoms with Gasteiger partial charge < -0.3 is 10.6 Å². The van der Waals surface area contributed by atoms with Crippen LogP contribution < -0.4 is 10.6 Å². The molecule has 124 valence electrons. The molecule has 22 heavy (non-hydrogen) atoms. The van der Waals surface area contributed by atoms with Crippen LogP contribution in [0.4, 0.5) is 18.9 Å². The van der Waals surface area contributed by atoms with Crippen molar-refractivity contribution in [2.45, 2.75) is 31.9 Å². The number of piperidine rings is 1. The number of hydrogen-bond acceptors (Lipinski definition) is 2. The first kappa shape index (κ1) is 18.8. The van der Waals surface area contributed by atoms with Crippen LogP contribution in [-0.2, 0) is 11.2 Å². The quantitative estimate of drug-likeness (QED) is 0.883. The Labute approximate surface area is 134 Å². The minimum absolute atomic E-state index is 0. The predicted octanol–water partition coefficient (Wildman–Crippen LogP) is 3.54. The molecule has 0 atom stereocenters. The standard InChI is InChI=1S/C15H19F3N2O.ClH/c16-15(17,18)8-5-11-3-1-2-4-13(11)20-14(21)12-6-9-19-10-7-12;/h1-4,12,19H,5-10H2,(H,20,21);1H. The molecular weight excluding hydrogens is 317 g/mol. The van der Waals surface area contributed by atoms with Gasteiger partial charge in [0.2, 0.25) is 5.91 Å². The topological polar surface area (TPSA) is 41.1 Å². The van der Waals surface area contributed by atoms with Gasteiger partial charge in [-0.3, -0.25) is 4.79 Å². The minimum Gasteiger partial charge on any atom is -0.326 e. The second kappa shape index (κ2) is 8.39. The van der Waals surface area contributed by atoms with E-state index >= 15 is 0 Å². The monoisotopic (exact) mass is 336 g/mol. The van der Waals surface area contributed by atoms with Crippen molar-refractivity contribution >= 4 is 24.0 Å². The van der Waals surface area contributed by atoms with E-state index in [1.165, 1.54) is 0 Å². The Balaban J connectivity index is 0.00000242. The summed E-state index contributed by atoms with van der Waals surface area (Å²) in [4.78, 5) is 12.2. The van der Waals surface area contributed by atoms with Gasteiger partial charge >= 0.3 is 6.18 Å². The number of amides is 1. The Kier molecular flexibility index (Phi) is 7.16. The van der Waals surface area contributed by atoms with E-state index in [1.54, 1.807) is 24.3 Å². The first-order chi connectivity index (χ1) is 9.96. The number of aryl methyl sites for hydroxylation is 1. The Bertz CT molecular complexity index is 488. The van der Waals surface area contributed by atoms with E-state index in [0.717, 1.165) is 25.9 Å². The van der Waals surface area contributed by atoms with Gasteiger partial charge in [-0.2, -0.15) is 13.2 Å². The number of nitrogens with one attached hydrogen (secondary N) is 2. The number of halogens is 4. The molecule has 3 nitrogen and oxygen atoms in total. The Morgan fingerprint density at radius 2 is 1.86 bits per heavy atom. The fourth-order valence-electron chi connectivity index (χ4n) is 2.46. The van der Waals surface area contributed by atoms with E-state index in [9.17, 15) is 18.0 Å². The van der Waals surface area contributed by atoms with Crippen LogP contribution >= 0.6 is 12.4 Å². The largest absolute Gasteiger partial charge is 0.389 e. The lowest BCUT2D eigenvalue weighted by molar-refractivity contribution is -0.133. The summed E-state index contributed by atoms with van der Waals surface area (Å²) in [5, 5.41) is 5.96.